The van der Waals surface area contributed by atoms with Crippen molar-refractivity contribution in [2.24, 2.45) is 5.92 Å². The molecule has 0 fully saturated rings. The lowest BCUT2D eigenvalue weighted by atomic mass is 10.1. The second-order valence-corrected chi connectivity index (χ2v) is 7.29. The van der Waals surface area contributed by atoms with E-state index in [1.807, 2.05) is 31.2 Å². The monoisotopic (exact) mass is 397 g/mol. The molecule has 0 atom stereocenters. The normalized spacial score (nSPS) is 10.5. The topological polar surface area (TPSA) is 79.5 Å². The number of rotatable bonds is 11. The number of amides is 2. The zero-order valence-corrected chi connectivity index (χ0v) is 17.5. The van der Waals surface area contributed by atoms with Crippen LogP contribution in [0.1, 0.15) is 44.0 Å². The minimum Gasteiger partial charge on any atom is -0.494 e. The lowest BCUT2D eigenvalue weighted by Gasteiger charge is -2.10. The molecular formula is C23H31N3O3. The van der Waals surface area contributed by atoms with Gasteiger partial charge in [0.2, 0.25) is 5.91 Å². The highest BCUT2D eigenvalue weighted by molar-refractivity contribution is 5.95. The lowest BCUT2D eigenvalue weighted by Crippen LogP contribution is -2.24. The van der Waals surface area contributed by atoms with Crippen molar-refractivity contribution in [2.75, 3.05) is 30.3 Å². The van der Waals surface area contributed by atoms with E-state index in [-0.39, 0.29) is 18.4 Å². The first-order chi connectivity index (χ1) is 14.0. The Bertz CT molecular complexity index is 771. The molecule has 3 N–H and O–H groups in total. The largest absolute Gasteiger partial charge is 0.494 e. The van der Waals surface area contributed by atoms with Crippen LogP contribution in [0.25, 0.3) is 0 Å². The van der Waals surface area contributed by atoms with Crippen molar-refractivity contribution in [1.29, 1.82) is 0 Å². The molecule has 2 aromatic carbocycles. The maximum absolute atomic E-state index is 12.1. The van der Waals surface area contributed by atoms with Gasteiger partial charge in [-0.3, -0.25) is 9.59 Å². The fourth-order valence-corrected chi connectivity index (χ4v) is 2.51. The average molecular weight is 398 g/mol. The van der Waals surface area contributed by atoms with E-state index in [0.717, 1.165) is 30.0 Å². The fourth-order valence-electron chi connectivity index (χ4n) is 2.51. The van der Waals surface area contributed by atoms with Crippen LogP contribution in [0.2, 0.25) is 0 Å². The number of nitrogens with one attached hydrogen (secondary N) is 3. The van der Waals surface area contributed by atoms with Crippen LogP contribution < -0.4 is 20.7 Å². The number of hydrogen-bond donors (Lipinski definition) is 3. The third-order valence-electron chi connectivity index (χ3n) is 4.24. The van der Waals surface area contributed by atoms with Gasteiger partial charge >= 0.3 is 0 Å². The molecule has 6 heteroatoms. The molecule has 2 amide bonds. The van der Waals surface area contributed by atoms with Gasteiger partial charge in [-0.1, -0.05) is 20.8 Å². The van der Waals surface area contributed by atoms with Crippen LogP contribution in [-0.4, -0.2) is 31.5 Å². The highest BCUT2D eigenvalue weighted by atomic mass is 16.5. The minimum atomic E-state index is -0.150. The number of anilines is 2. The van der Waals surface area contributed by atoms with Gasteiger partial charge in [0.15, 0.2) is 0 Å². The van der Waals surface area contributed by atoms with Gasteiger partial charge in [0.1, 0.15) is 5.75 Å². The molecule has 0 saturated carbocycles. The highest BCUT2D eigenvalue weighted by Crippen LogP contribution is 2.16. The third-order valence-corrected chi connectivity index (χ3v) is 4.24. The van der Waals surface area contributed by atoms with Crippen LogP contribution in [0, 0.1) is 5.92 Å². The van der Waals surface area contributed by atoms with Gasteiger partial charge in [-0.25, -0.2) is 0 Å². The Balaban J connectivity index is 1.75. The van der Waals surface area contributed by atoms with Gasteiger partial charge in [0, 0.05) is 23.5 Å². The van der Waals surface area contributed by atoms with E-state index in [1.54, 1.807) is 24.3 Å². The summed E-state index contributed by atoms with van der Waals surface area (Å²) >= 11 is 0. The van der Waals surface area contributed by atoms with Crippen LogP contribution in [-0.2, 0) is 4.79 Å². The molecule has 0 aromatic heterocycles. The summed E-state index contributed by atoms with van der Waals surface area (Å²) in [5.41, 5.74) is 2.10. The Hall–Kier alpha value is -3.02. The Morgan fingerprint density at radius 1 is 0.966 bits per heavy atom. The van der Waals surface area contributed by atoms with E-state index in [9.17, 15) is 9.59 Å². The quantitative estimate of drug-likeness (QED) is 0.528. The molecule has 0 spiro atoms. The number of carbonyl (C=O) groups is 2. The zero-order chi connectivity index (χ0) is 21.1. The standard InChI is InChI=1S/C23H31N3O3/c1-4-14-24-23(28)18-5-7-19(8-6-18)25-16-22(27)26-20-9-11-21(12-10-20)29-15-13-17(2)3/h5-12,17,25H,4,13-16H2,1-3H3,(H,24,28)(H,26,27). The zero-order valence-electron chi connectivity index (χ0n) is 17.5. The summed E-state index contributed by atoms with van der Waals surface area (Å²) in [7, 11) is 0. The van der Waals surface area contributed by atoms with Gasteiger partial charge in [-0.2, -0.15) is 0 Å². The molecule has 156 valence electrons. The molecular weight excluding hydrogens is 366 g/mol. The lowest BCUT2D eigenvalue weighted by molar-refractivity contribution is -0.114. The maximum Gasteiger partial charge on any atom is 0.251 e. The summed E-state index contributed by atoms with van der Waals surface area (Å²) in [5.74, 6) is 1.16. The second-order valence-electron chi connectivity index (χ2n) is 7.29. The van der Waals surface area contributed by atoms with Crippen LogP contribution >= 0.6 is 0 Å². The van der Waals surface area contributed by atoms with E-state index < -0.39 is 0 Å². The SMILES string of the molecule is CCCNC(=O)c1ccc(NCC(=O)Nc2ccc(OCCC(C)C)cc2)cc1. The van der Waals surface area contributed by atoms with E-state index in [1.165, 1.54) is 0 Å². The Morgan fingerprint density at radius 2 is 1.62 bits per heavy atom. The fraction of sp³-hybridized carbons (Fsp3) is 0.391. The van der Waals surface area contributed by atoms with Gasteiger partial charge in [0.05, 0.1) is 13.2 Å². The van der Waals surface area contributed by atoms with Crippen molar-refractivity contribution in [2.45, 2.75) is 33.6 Å². The number of carbonyl (C=O) groups excluding carboxylic acids is 2. The summed E-state index contributed by atoms with van der Waals surface area (Å²) in [6.45, 7) is 7.81. The first-order valence-corrected chi connectivity index (χ1v) is 10.1. The van der Waals surface area contributed by atoms with Crippen LogP contribution in [0.15, 0.2) is 48.5 Å². The predicted molar refractivity (Wildman–Crippen MR) is 118 cm³/mol. The summed E-state index contributed by atoms with van der Waals surface area (Å²) in [5, 5.41) is 8.73. The summed E-state index contributed by atoms with van der Waals surface area (Å²) < 4.78 is 5.68. The van der Waals surface area contributed by atoms with Crippen LogP contribution in [0.4, 0.5) is 11.4 Å². The first-order valence-electron chi connectivity index (χ1n) is 10.1. The average Bonchev–Trinajstić information content (AvgIpc) is 2.72. The van der Waals surface area contributed by atoms with Crippen molar-refractivity contribution < 1.29 is 14.3 Å². The number of hydrogen-bond acceptors (Lipinski definition) is 4. The van der Waals surface area contributed by atoms with E-state index in [2.05, 4.69) is 29.8 Å². The molecule has 0 unspecified atom stereocenters. The third kappa shape index (κ3) is 8.25. The van der Waals surface area contributed by atoms with Gasteiger partial charge in [0.25, 0.3) is 5.91 Å². The molecule has 0 radical (unpaired) electrons. The van der Waals surface area contributed by atoms with Gasteiger partial charge in [-0.15, -0.1) is 0 Å². The molecule has 6 nitrogen and oxygen atoms in total. The molecule has 2 rings (SSSR count). The van der Waals surface area contributed by atoms with Gasteiger partial charge in [-0.05, 0) is 67.3 Å². The number of ether oxygens (including phenoxy) is 1. The van der Waals surface area contributed by atoms with Crippen molar-refractivity contribution in [3.8, 4) is 5.75 Å². The Labute approximate surface area is 173 Å². The molecule has 0 heterocycles. The van der Waals surface area contributed by atoms with E-state index >= 15 is 0 Å². The van der Waals surface area contributed by atoms with Crippen molar-refractivity contribution >= 4 is 23.2 Å². The van der Waals surface area contributed by atoms with E-state index in [0.29, 0.717) is 24.6 Å². The highest BCUT2D eigenvalue weighted by Gasteiger charge is 2.06. The maximum atomic E-state index is 12.1. The van der Waals surface area contributed by atoms with Crippen LogP contribution in [0.5, 0.6) is 5.75 Å². The summed E-state index contributed by atoms with van der Waals surface area (Å²) in [6.07, 6.45) is 1.91. The van der Waals surface area contributed by atoms with Crippen LogP contribution in [0.3, 0.4) is 0 Å². The van der Waals surface area contributed by atoms with E-state index in [4.69, 9.17) is 4.74 Å². The molecule has 0 aliphatic heterocycles. The molecule has 0 saturated heterocycles. The molecule has 29 heavy (non-hydrogen) atoms. The first kappa shape index (κ1) is 22.3. The smallest absolute Gasteiger partial charge is 0.251 e. The van der Waals surface area contributed by atoms with Crippen molar-refractivity contribution in [3.05, 3.63) is 54.1 Å². The van der Waals surface area contributed by atoms with Crippen molar-refractivity contribution in [3.63, 3.8) is 0 Å². The summed E-state index contributed by atoms with van der Waals surface area (Å²) in [6, 6.07) is 14.4. The molecule has 2 aromatic rings. The second kappa shape index (κ2) is 11.7. The Kier molecular flexibility index (Phi) is 9.02. The van der Waals surface area contributed by atoms with Gasteiger partial charge < -0.3 is 20.7 Å². The number of benzene rings is 2. The van der Waals surface area contributed by atoms with Crippen molar-refractivity contribution in [1.82, 2.24) is 5.32 Å². The molecule has 0 aliphatic carbocycles. The minimum absolute atomic E-state index is 0.0900. The predicted octanol–water partition coefficient (Wildman–Crippen LogP) is 4.30. The Morgan fingerprint density at radius 3 is 2.24 bits per heavy atom. The molecule has 0 bridgehead atoms. The summed E-state index contributed by atoms with van der Waals surface area (Å²) in [4.78, 5) is 24.0. The molecule has 0 aliphatic rings.